The van der Waals surface area contributed by atoms with Crippen molar-refractivity contribution in [2.45, 2.75) is 25.7 Å². The molecule has 1 amide bonds. The first-order valence-corrected chi connectivity index (χ1v) is 5.16. The van der Waals surface area contributed by atoms with Crippen molar-refractivity contribution >= 4 is 17.5 Å². The fourth-order valence-electron chi connectivity index (χ4n) is 0.950. The molecule has 78 valence electrons. The van der Waals surface area contributed by atoms with Gasteiger partial charge in [0.25, 0.3) is 0 Å². The van der Waals surface area contributed by atoms with E-state index >= 15 is 0 Å². The van der Waals surface area contributed by atoms with Crippen molar-refractivity contribution in [2.24, 2.45) is 0 Å². The molecule has 0 aromatic carbocycles. The predicted molar refractivity (Wildman–Crippen MR) is 54.1 cm³/mol. The predicted octanol–water partition coefficient (Wildman–Crippen LogP) is 1.55. The summed E-state index contributed by atoms with van der Waals surface area (Å²) in [5.74, 6) is 0.442. The van der Waals surface area contributed by atoms with Gasteiger partial charge in [-0.15, -0.1) is 11.6 Å². The number of unbranched alkanes of at least 4 members (excludes halogenated alkanes) is 2. The van der Waals surface area contributed by atoms with Gasteiger partial charge in [0, 0.05) is 32.6 Å². The van der Waals surface area contributed by atoms with E-state index in [9.17, 15) is 4.79 Å². The molecule has 0 saturated heterocycles. The molecule has 0 bridgehead atoms. The first-order chi connectivity index (χ1) is 6.31. The molecule has 4 heteroatoms. The topological polar surface area (TPSA) is 38.3 Å². The second-order valence-corrected chi connectivity index (χ2v) is 3.22. The molecule has 0 unspecified atom stereocenters. The molecule has 0 saturated carbocycles. The van der Waals surface area contributed by atoms with Crippen LogP contribution in [0.5, 0.6) is 0 Å². The molecule has 0 aromatic rings. The van der Waals surface area contributed by atoms with Crippen molar-refractivity contribution in [3.05, 3.63) is 0 Å². The lowest BCUT2D eigenvalue weighted by molar-refractivity contribution is -0.120. The van der Waals surface area contributed by atoms with Crippen LogP contribution in [0.2, 0.25) is 0 Å². The monoisotopic (exact) mass is 207 g/mol. The zero-order valence-electron chi connectivity index (χ0n) is 8.14. The van der Waals surface area contributed by atoms with Crippen molar-refractivity contribution in [3.63, 3.8) is 0 Å². The second-order valence-electron chi connectivity index (χ2n) is 2.84. The molecule has 0 heterocycles. The quantitative estimate of drug-likeness (QED) is 0.485. The third-order valence-electron chi connectivity index (χ3n) is 1.67. The normalized spacial score (nSPS) is 10.0. The summed E-state index contributed by atoms with van der Waals surface area (Å²) in [5, 5.41) is 2.80. The Morgan fingerprint density at radius 2 is 2.15 bits per heavy atom. The van der Waals surface area contributed by atoms with Crippen LogP contribution >= 0.6 is 11.6 Å². The molecule has 13 heavy (non-hydrogen) atoms. The Morgan fingerprint density at radius 1 is 1.38 bits per heavy atom. The maximum Gasteiger partial charge on any atom is 0.221 e. The van der Waals surface area contributed by atoms with Crippen LogP contribution < -0.4 is 5.32 Å². The number of ether oxygens (including phenoxy) is 1. The van der Waals surface area contributed by atoms with Crippen molar-refractivity contribution in [1.29, 1.82) is 0 Å². The molecule has 0 radical (unpaired) electrons. The van der Waals surface area contributed by atoms with Gasteiger partial charge in [0.1, 0.15) is 0 Å². The third kappa shape index (κ3) is 9.64. The lowest BCUT2D eigenvalue weighted by Crippen LogP contribution is -2.24. The molecular formula is C9H18ClNO2. The highest BCUT2D eigenvalue weighted by Gasteiger charge is 1.97. The zero-order valence-corrected chi connectivity index (χ0v) is 8.90. The zero-order chi connectivity index (χ0) is 9.94. The molecule has 0 fully saturated rings. The Hall–Kier alpha value is -0.280. The van der Waals surface area contributed by atoms with Gasteiger partial charge in [-0.2, -0.15) is 0 Å². The summed E-state index contributed by atoms with van der Waals surface area (Å²) in [6, 6.07) is 0. The number of carbonyl (C=O) groups excluding carboxylic acids is 1. The van der Waals surface area contributed by atoms with Crippen LogP contribution in [0.4, 0.5) is 0 Å². The molecule has 1 N–H and O–H groups in total. The van der Waals surface area contributed by atoms with Crippen LogP contribution in [0.3, 0.4) is 0 Å². The largest absolute Gasteiger partial charge is 0.385 e. The van der Waals surface area contributed by atoms with E-state index in [1.807, 2.05) is 0 Å². The summed E-state index contributed by atoms with van der Waals surface area (Å²) in [6.45, 7) is 1.55. The summed E-state index contributed by atoms with van der Waals surface area (Å²) in [6.07, 6.45) is 3.58. The second kappa shape index (κ2) is 9.81. The van der Waals surface area contributed by atoms with E-state index in [0.29, 0.717) is 12.3 Å². The molecule has 3 nitrogen and oxygen atoms in total. The van der Waals surface area contributed by atoms with Crippen LogP contribution in [-0.2, 0) is 9.53 Å². The van der Waals surface area contributed by atoms with Gasteiger partial charge < -0.3 is 10.1 Å². The number of methoxy groups -OCH3 is 1. The molecule has 0 atom stereocenters. The third-order valence-corrected chi connectivity index (χ3v) is 1.86. The number of alkyl halides is 1. The average molecular weight is 208 g/mol. The van der Waals surface area contributed by atoms with E-state index in [1.165, 1.54) is 0 Å². The first kappa shape index (κ1) is 12.7. The van der Waals surface area contributed by atoms with Crippen LogP contribution in [-0.4, -0.2) is 32.0 Å². The standard InChI is InChI=1S/C9H18ClNO2/c1-13-8-4-2-3-7-11-9(12)5-6-10/h2-8H2,1H3,(H,11,12). The number of amides is 1. The van der Waals surface area contributed by atoms with E-state index in [4.69, 9.17) is 16.3 Å². The Balaban J connectivity index is 3.02. The smallest absolute Gasteiger partial charge is 0.221 e. The average Bonchev–Trinajstić information content (AvgIpc) is 2.11. The number of rotatable bonds is 8. The lowest BCUT2D eigenvalue weighted by atomic mass is 10.2. The highest BCUT2D eigenvalue weighted by molar-refractivity contribution is 6.18. The van der Waals surface area contributed by atoms with Gasteiger partial charge in [-0.1, -0.05) is 0 Å². The number of nitrogens with one attached hydrogen (secondary N) is 1. The van der Waals surface area contributed by atoms with E-state index in [0.717, 1.165) is 32.4 Å². The highest BCUT2D eigenvalue weighted by Crippen LogP contribution is 1.94. The van der Waals surface area contributed by atoms with E-state index in [2.05, 4.69) is 5.32 Å². The van der Waals surface area contributed by atoms with Crippen molar-refractivity contribution < 1.29 is 9.53 Å². The molecule has 0 aliphatic heterocycles. The number of hydrogen-bond donors (Lipinski definition) is 1. The van der Waals surface area contributed by atoms with Gasteiger partial charge in [-0.05, 0) is 19.3 Å². The highest BCUT2D eigenvalue weighted by atomic mass is 35.5. The van der Waals surface area contributed by atoms with E-state index in [1.54, 1.807) is 7.11 Å². The number of halogens is 1. The summed E-state index contributed by atoms with van der Waals surface area (Å²) in [7, 11) is 1.70. The van der Waals surface area contributed by atoms with Crippen molar-refractivity contribution in [1.82, 2.24) is 5.32 Å². The SMILES string of the molecule is COCCCCCNC(=O)CCCl. The Bertz CT molecular complexity index is 131. The van der Waals surface area contributed by atoms with Gasteiger partial charge in [0.2, 0.25) is 5.91 Å². The van der Waals surface area contributed by atoms with Gasteiger partial charge in [0.15, 0.2) is 0 Å². The molecule has 0 aromatic heterocycles. The first-order valence-electron chi connectivity index (χ1n) is 4.63. The van der Waals surface area contributed by atoms with E-state index < -0.39 is 0 Å². The Morgan fingerprint density at radius 3 is 2.77 bits per heavy atom. The van der Waals surface area contributed by atoms with Crippen LogP contribution in [0.1, 0.15) is 25.7 Å². The molecule has 0 rings (SSSR count). The van der Waals surface area contributed by atoms with E-state index in [-0.39, 0.29) is 5.91 Å². The minimum atomic E-state index is 0.0433. The van der Waals surface area contributed by atoms with Crippen LogP contribution in [0, 0.1) is 0 Å². The van der Waals surface area contributed by atoms with Gasteiger partial charge >= 0.3 is 0 Å². The molecule has 0 spiro atoms. The summed E-state index contributed by atoms with van der Waals surface area (Å²) >= 11 is 5.40. The molecular weight excluding hydrogens is 190 g/mol. The maximum absolute atomic E-state index is 10.9. The summed E-state index contributed by atoms with van der Waals surface area (Å²) in [5.41, 5.74) is 0. The number of hydrogen-bond acceptors (Lipinski definition) is 2. The van der Waals surface area contributed by atoms with Crippen molar-refractivity contribution in [3.8, 4) is 0 Å². The minimum Gasteiger partial charge on any atom is -0.385 e. The van der Waals surface area contributed by atoms with Gasteiger partial charge in [-0.25, -0.2) is 0 Å². The van der Waals surface area contributed by atoms with Crippen LogP contribution in [0.15, 0.2) is 0 Å². The Kier molecular flexibility index (Phi) is 9.59. The fraction of sp³-hybridized carbons (Fsp3) is 0.889. The van der Waals surface area contributed by atoms with Gasteiger partial charge in [-0.3, -0.25) is 4.79 Å². The lowest BCUT2D eigenvalue weighted by Gasteiger charge is -2.03. The van der Waals surface area contributed by atoms with Gasteiger partial charge in [0.05, 0.1) is 0 Å². The maximum atomic E-state index is 10.9. The van der Waals surface area contributed by atoms with Crippen molar-refractivity contribution in [2.75, 3.05) is 26.1 Å². The number of carbonyl (C=O) groups is 1. The van der Waals surface area contributed by atoms with Crippen LogP contribution in [0.25, 0.3) is 0 Å². The molecule has 0 aliphatic rings. The summed E-state index contributed by atoms with van der Waals surface area (Å²) < 4.78 is 4.90. The summed E-state index contributed by atoms with van der Waals surface area (Å²) in [4.78, 5) is 10.9. The Labute approximate surface area is 84.8 Å². The fourth-order valence-corrected chi connectivity index (χ4v) is 1.12. The molecule has 0 aliphatic carbocycles. The minimum absolute atomic E-state index is 0.0433.